The number of hydrogen-bond donors (Lipinski definition) is 1. The van der Waals surface area contributed by atoms with Crippen LogP contribution in [0.3, 0.4) is 0 Å². The summed E-state index contributed by atoms with van der Waals surface area (Å²) in [5, 5.41) is 3.21. The molecule has 0 aromatic carbocycles. The van der Waals surface area contributed by atoms with Gasteiger partial charge in [0.25, 0.3) is 0 Å². The molecule has 12 heavy (non-hydrogen) atoms. The minimum absolute atomic E-state index is 0.207. The Morgan fingerprint density at radius 2 is 2.25 bits per heavy atom. The lowest BCUT2D eigenvalue weighted by atomic mass is 9.85. The topological polar surface area (TPSA) is 38.3 Å². The first-order valence-corrected chi connectivity index (χ1v) is 4.47. The third kappa shape index (κ3) is 2.05. The van der Waals surface area contributed by atoms with Crippen LogP contribution in [0.1, 0.15) is 19.3 Å². The highest BCUT2D eigenvalue weighted by molar-refractivity contribution is 5.53. The van der Waals surface area contributed by atoms with Gasteiger partial charge >= 0.3 is 0 Å². The zero-order valence-electron chi connectivity index (χ0n) is 7.75. The van der Waals surface area contributed by atoms with Crippen molar-refractivity contribution in [2.75, 3.05) is 14.2 Å². The fourth-order valence-electron chi connectivity index (χ4n) is 1.87. The number of hydrogen-bond acceptors (Lipinski definition) is 3. The fourth-order valence-corrected chi connectivity index (χ4v) is 1.87. The number of carbonyl (C=O) groups excluding carboxylic acids is 1. The Labute approximate surface area is 73.5 Å². The van der Waals surface area contributed by atoms with E-state index in [2.05, 4.69) is 5.32 Å². The molecule has 1 N–H and O–H groups in total. The van der Waals surface area contributed by atoms with E-state index in [9.17, 15) is 4.79 Å². The predicted octanol–water partition coefficient (Wildman–Crippen LogP) is 0.588. The lowest BCUT2D eigenvalue weighted by Gasteiger charge is -2.32. The molecule has 0 spiro atoms. The first-order chi connectivity index (χ1) is 5.81. The molecule has 3 heteroatoms. The Kier molecular flexibility index (Phi) is 3.69. The van der Waals surface area contributed by atoms with Gasteiger partial charge < -0.3 is 14.8 Å². The van der Waals surface area contributed by atoms with Crippen LogP contribution in [0.5, 0.6) is 0 Å². The molecule has 0 saturated heterocycles. The Balaban J connectivity index is 2.46. The number of rotatable bonds is 3. The minimum atomic E-state index is 0.207. The van der Waals surface area contributed by atoms with Crippen LogP contribution in [0, 0.1) is 5.92 Å². The lowest BCUT2D eigenvalue weighted by Crippen LogP contribution is -2.43. The molecule has 3 atom stereocenters. The van der Waals surface area contributed by atoms with E-state index in [1.807, 2.05) is 7.05 Å². The Hall–Kier alpha value is -0.410. The molecule has 0 unspecified atom stereocenters. The molecule has 1 aliphatic carbocycles. The number of carbonyl (C=O) groups is 1. The average molecular weight is 171 g/mol. The third-order valence-corrected chi connectivity index (χ3v) is 2.70. The van der Waals surface area contributed by atoms with E-state index in [4.69, 9.17) is 4.74 Å². The van der Waals surface area contributed by atoms with Gasteiger partial charge in [0.05, 0.1) is 6.10 Å². The third-order valence-electron chi connectivity index (χ3n) is 2.70. The van der Waals surface area contributed by atoms with Crippen molar-refractivity contribution in [3.8, 4) is 0 Å². The van der Waals surface area contributed by atoms with Gasteiger partial charge in [-0.15, -0.1) is 0 Å². The zero-order valence-corrected chi connectivity index (χ0v) is 7.75. The molecular weight excluding hydrogens is 154 g/mol. The predicted molar refractivity (Wildman–Crippen MR) is 47.0 cm³/mol. The second kappa shape index (κ2) is 4.58. The number of methoxy groups -OCH3 is 1. The standard InChI is InChI=1S/C9H17NO2/c1-10-8-4-3-7(6-11)5-9(8)12-2/h6-10H,3-5H2,1-2H3/t7-,8-,9-/m1/s1. The van der Waals surface area contributed by atoms with E-state index >= 15 is 0 Å². The number of nitrogens with one attached hydrogen (secondary N) is 1. The molecular formula is C9H17NO2. The van der Waals surface area contributed by atoms with Gasteiger partial charge in [-0.3, -0.25) is 0 Å². The second-order valence-electron chi connectivity index (χ2n) is 3.38. The van der Waals surface area contributed by atoms with E-state index in [-0.39, 0.29) is 12.0 Å². The molecule has 0 bridgehead atoms. The van der Waals surface area contributed by atoms with Crippen molar-refractivity contribution in [1.29, 1.82) is 0 Å². The van der Waals surface area contributed by atoms with Gasteiger partial charge in [-0.1, -0.05) is 0 Å². The largest absolute Gasteiger partial charge is 0.380 e. The van der Waals surface area contributed by atoms with Crippen LogP contribution in [0.4, 0.5) is 0 Å². The monoisotopic (exact) mass is 171 g/mol. The van der Waals surface area contributed by atoms with Gasteiger partial charge in [-0.2, -0.15) is 0 Å². The van der Waals surface area contributed by atoms with E-state index in [1.165, 1.54) is 0 Å². The zero-order chi connectivity index (χ0) is 8.97. The van der Waals surface area contributed by atoms with Crippen molar-refractivity contribution >= 4 is 6.29 Å². The van der Waals surface area contributed by atoms with Crippen molar-refractivity contribution < 1.29 is 9.53 Å². The highest BCUT2D eigenvalue weighted by Crippen LogP contribution is 2.24. The lowest BCUT2D eigenvalue weighted by molar-refractivity contribution is -0.113. The fraction of sp³-hybridized carbons (Fsp3) is 0.889. The number of aldehydes is 1. The van der Waals surface area contributed by atoms with Crippen LogP contribution in [0.2, 0.25) is 0 Å². The summed E-state index contributed by atoms with van der Waals surface area (Å²) in [5.41, 5.74) is 0. The van der Waals surface area contributed by atoms with Crippen LogP contribution in [-0.2, 0) is 9.53 Å². The molecule has 1 aliphatic rings. The summed E-state index contributed by atoms with van der Waals surface area (Å²) in [6.45, 7) is 0. The molecule has 0 aromatic rings. The van der Waals surface area contributed by atoms with Crippen LogP contribution in [0.15, 0.2) is 0 Å². The van der Waals surface area contributed by atoms with Crippen molar-refractivity contribution in [3.05, 3.63) is 0 Å². The van der Waals surface area contributed by atoms with Crippen LogP contribution in [0.25, 0.3) is 0 Å². The van der Waals surface area contributed by atoms with Crippen molar-refractivity contribution in [1.82, 2.24) is 5.32 Å². The number of likely N-dealkylation sites (N-methyl/N-ethyl adjacent to an activating group) is 1. The first-order valence-electron chi connectivity index (χ1n) is 4.47. The summed E-state index contributed by atoms with van der Waals surface area (Å²) < 4.78 is 5.31. The van der Waals surface area contributed by atoms with Crippen LogP contribution >= 0.6 is 0 Å². The summed E-state index contributed by atoms with van der Waals surface area (Å²) in [6, 6.07) is 0.422. The van der Waals surface area contributed by atoms with Gasteiger partial charge in [-0.25, -0.2) is 0 Å². The van der Waals surface area contributed by atoms with Gasteiger partial charge in [0.15, 0.2) is 0 Å². The van der Waals surface area contributed by atoms with Gasteiger partial charge in [-0.05, 0) is 26.3 Å². The molecule has 3 nitrogen and oxygen atoms in total. The quantitative estimate of drug-likeness (QED) is 0.631. The van der Waals surface area contributed by atoms with E-state index in [0.717, 1.165) is 25.5 Å². The van der Waals surface area contributed by atoms with Crippen molar-refractivity contribution in [2.45, 2.75) is 31.4 Å². The highest BCUT2D eigenvalue weighted by atomic mass is 16.5. The molecule has 1 saturated carbocycles. The van der Waals surface area contributed by atoms with E-state index in [1.54, 1.807) is 7.11 Å². The summed E-state index contributed by atoms with van der Waals surface area (Å²) in [7, 11) is 3.65. The molecule has 0 amide bonds. The van der Waals surface area contributed by atoms with Crippen molar-refractivity contribution in [2.24, 2.45) is 5.92 Å². The van der Waals surface area contributed by atoms with Gasteiger partial charge in [0.1, 0.15) is 6.29 Å². The van der Waals surface area contributed by atoms with E-state index in [0.29, 0.717) is 6.04 Å². The first kappa shape index (κ1) is 9.68. The summed E-state index contributed by atoms with van der Waals surface area (Å²) >= 11 is 0. The summed E-state index contributed by atoms with van der Waals surface area (Å²) in [6.07, 6.45) is 4.16. The van der Waals surface area contributed by atoms with E-state index < -0.39 is 0 Å². The maximum Gasteiger partial charge on any atom is 0.123 e. The number of ether oxygens (including phenoxy) is 1. The summed E-state index contributed by atoms with van der Waals surface area (Å²) in [4.78, 5) is 10.5. The average Bonchev–Trinajstić information content (AvgIpc) is 2.16. The second-order valence-corrected chi connectivity index (χ2v) is 3.38. The maximum absolute atomic E-state index is 10.5. The van der Waals surface area contributed by atoms with Gasteiger partial charge in [0, 0.05) is 19.1 Å². The minimum Gasteiger partial charge on any atom is -0.380 e. The van der Waals surface area contributed by atoms with Gasteiger partial charge in [0.2, 0.25) is 0 Å². The van der Waals surface area contributed by atoms with Crippen LogP contribution < -0.4 is 5.32 Å². The van der Waals surface area contributed by atoms with Crippen LogP contribution in [-0.4, -0.2) is 32.6 Å². The normalized spacial score (nSPS) is 36.3. The molecule has 0 heterocycles. The Morgan fingerprint density at radius 1 is 1.50 bits per heavy atom. The molecule has 0 aromatic heterocycles. The van der Waals surface area contributed by atoms with Crippen molar-refractivity contribution in [3.63, 3.8) is 0 Å². The Bertz CT molecular complexity index is 149. The molecule has 0 radical (unpaired) electrons. The highest BCUT2D eigenvalue weighted by Gasteiger charge is 2.28. The SMILES string of the molecule is CN[C@@H]1CC[C@@H](C=O)C[C@H]1OC. The summed E-state index contributed by atoms with van der Waals surface area (Å²) in [5.74, 6) is 0.208. The smallest absolute Gasteiger partial charge is 0.123 e. The molecule has 0 aliphatic heterocycles. The molecule has 1 rings (SSSR count). The molecule has 1 fully saturated rings. The molecule has 70 valence electrons. The Morgan fingerprint density at radius 3 is 2.75 bits per heavy atom. The maximum atomic E-state index is 10.5.